The predicted molar refractivity (Wildman–Crippen MR) is 109 cm³/mol. The Morgan fingerprint density at radius 1 is 1.11 bits per heavy atom. The summed E-state index contributed by atoms with van der Waals surface area (Å²) in [6, 6.07) is 14.1. The molecule has 5 heteroatoms. The fraction of sp³-hybridized carbons (Fsp3) is 0.348. The second kappa shape index (κ2) is 8.07. The fourth-order valence-electron chi connectivity index (χ4n) is 3.92. The van der Waals surface area contributed by atoms with Gasteiger partial charge in [0.05, 0.1) is 20.2 Å². The summed E-state index contributed by atoms with van der Waals surface area (Å²) in [4.78, 5) is 14.3. The van der Waals surface area contributed by atoms with Gasteiger partial charge in [0.1, 0.15) is 17.9 Å². The molecule has 1 aromatic heterocycles. The van der Waals surface area contributed by atoms with E-state index >= 15 is 0 Å². The highest BCUT2D eigenvalue weighted by Crippen LogP contribution is 2.28. The third-order valence-corrected chi connectivity index (χ3v) is 5.59. The molecule has 1 aliphatic rings. The highest BCUT2D eigenvalue weighted by molar-refractivity contribution is 5.99. The molecule has 2 aromatic carbocycles. The number of aryl methyl sites for hydroxylation is 1. The van der Waals surface area contributed by atoms with E-state index < -0.39 is 0 Å². The number of rotatable bonds is 6. The maximum atomic E-state index is 12.6. The number of fused-ring (bicyclic) bond motifs is 1. The van der Waals surface area contributed by atoms with Crippen molar-refractivity contribution in [2.75, 3.05) is 20.2 Å². The van der Waals surface area contributed by atoms with Gasteiger partial charge < -0.3 is 19.4 Å². The first-order chi connectivity index (χ1) is 13.6. The number of methoxy groups -OCH3 is 1. The van der Waals surface area contributed by atoms with Crippen LogP contribution in [0.1, 0.15) is 40.1 Å². The van der Waals surface area contributed by atoms with Crippen molar-refractivity contribution in [1.29, 1.82) is 0 Å². The van der Waals surface area contributed by atoms with E-state index in [1.807, 2.05) is 25.1 Å². The van der Waals surface area contributed by atoms with Crippen LogP contribution < -0.4 is 15.0 Å². The van der Waals surface area contributed by atoms with Gasteiger partial charge in [0.15, 0.2) is 5.76 Å². The number of nitrogens with one attached hydrogen (secondary N) is 2. The van der Waals surface area contributed by atoms with E-state index in [4.69, 9.17) is 9.15 Å². The highest BCUT2D eigenvalue weighted by Gasteiger charge is 2.18. The number of carbonyl (C=O) groups is 1. The molecule has 0 saturated carbocycles. The number of carbonyl (C=O) groups excluding carboxylic acids is 1. The Hall–Kier alpha value is -2.79. The summed E-state index contributed by atoms with van der Waals surface area (Å²) in [5, 5.41) is 3.87. The van der Waals surface area contributed by atoms with Crippen LogP contribution in [-0.4, -0.2) is 26.1 Å². The van der Waals surface area contributed by atoms with Crippen molar-refractivity contribution >= 4 is 16.9 Å². The Balaban J connectivity index is 1.40. The Morgan fingerprint density at radius 3 is 2.54 bits per heavy atom. The molecule has 4 rings (SSSR count). The first-order valence-corrected chi connectivity index (χ1v) is 9.91. The van der Waals surface area contributed by atoms with E-state index in [1.54, 1.807) is 12.0 Å². The largest absolute Gasteiger partial charge is 0.497 e. The molecule has 2 heterocycles. The minimum atomic E-state index is -0.196. The number of hydrogen-bond donors (Lipinski definition) is 2. The number of benzene rings is 2. The van der Waals surface area contributed by atoms with Crippen molar-refractivity contribution in [3.8, 4) is 5.75 Å². The molecule has 1 amide bonds. The van der Waals surface area contributed by atoms with Crippen LogP contribution in [0.3, 0.4) is 0 Å². The summed E-state index contributed by atoms with van der Waals surface area (Å²) < 4.78 is 11.0. The lowest BCUT2D eigenvalue weighted by Gasteiger charge is -2.12. The molecule has 1 fully saturated rings. The lowest BCUT2D eigenvalue weighted by atomic mass is 10.1. The second-order valence-corrected chi connectivity index (χ2v) is 7.55. The maximum absolute atomic E-state index is 12.6. The van der Waals surface area contributed by atoms with Crippen LogP contribution in [0.25, 0.3) is 11.0 Å². The van der Waals surface area contributed by atoms with Crippen molar-refractivity contribution in [2.45, 2.75) is 32.9 Å². The summed E-state index contributed by atoms with van der Waals surface area (Å²) >= 11 is 0. The molecule has 0 spiro atoms. The molecular formula is C23H27N2O3+. The number of amides is 1. The first-order valence-electron chi connectivity index (χ1n) is 9.91. The summed E-state index contributed by atoms with van der Waals surface area (Å²) in [7, 11) is 1.63. The number of quaternary nitrogens is 1. The number of likely N-dealkylation sites (tertiary alicyclic amines) is 1. The van der Waals surface area contributed by atoms with Gasteiger partial charge in [-0.05, 0) is 30.7 Å². The highest BCUT2D eigenvalue weighted by atomic mass is 16.5. The average molecular weight is 379 g/mol. The van der Waals surface area contributed by atoms with E-state index in [9.17, 15) is 4.79 Å². The Morgan fingerprint density at radius 2 is 1.82 bits per heavy atom. The topological polar surface area (TPSA) is 55.9 Å². The molecule has 146 valence electrons. The minimum Gasteiger partial charge on any atom is -0.497 e. The standard InChI is InChI=1S/C23H26N2O3/c1-16-20-13-19(27-2)9-10-21(20)28-22(16)23(26)24-14-17-5-7-18(8-6-17)15-25-11-3-4-12-25/h5-10,13H,3-4,11-12,14-15H2,1-2H3,(H,24,26)/p+1. The zero-order valence-corrected chi connectivity index (χ0v) is 16.5. The fourth-order valence-corrected chi connectivity index (χ4v) is 3.92. The molecule has 2 N–H and O–H groups in total. The normalized spacial score (nSPS) is 14.5. The molecule has 1 saturated heterocycles. The van der Waals surface area contributed by atoms with Crippen LogP contribution in [-0.2, 0) is 13.1 Å². The Labute approximate surface area is 165 Å². The Kier molecular flexibility index (Phi) is 5.35. The van der Waals surface area contributed by atoms with E-state index in [0.717, 1.165) is 28.8 Å². The van der Waals surface area contributed by atoms with E-state index in [-0.39, 0.29) is 5.91 Å². The van der Waals surface area contributed by atoms with Crippen LogP contribution >= 0.6 is 0 Å². The van der Waals surface area contributed by atoms with Gasteiger partial charge in [-0.3, -0.25) is 4.79 Å². The smallest absolute Gasteiger partial charge is 0.287 e. The van der Waals surface area contributed by atoms with E-state index in [1.165, 1.54) is 31.5 Å². The van der Waals surface area contributed by atoms with Gasteiger partial charge in [0.2, 0.25) is 0 Å². The Bertz CT molecular complexity index is 969. The molecule has 3 aromatic rings. The van der Waals surface area contributed by atoms with Gasteiger partial charge in [-0.2, -0.15) is 0 Å². The van der Waals surface area contributed by atoms with Crippen molar-refractivity contribution in [2.24, 2.45) is 0 Å². The summed E-state index contributed by atoms with van der Waals surface area (Å²) in [5.41, 5.74) is 3.96. The van der Waals surface area contributed by atoms with Gasteiger partial charge in [-0.1, -0.05) is 24.3 Å². The predicted octanol–water partition coefficient (Wildman–Crippen LogP) is 2.86. The first kappa shape index (κ1) is 18.6. The van der Waals surface area contributed by atoms with Crippen LogP contribution in [0.15, 0.2) is 46.9 Å². The third-order valence-electron chi connectivity index (χ3n) is 5.59. The number of furan rings is 1. The summed E-state index contributed by atoms with van der Waals surface area (Å²) in [6.45, 7) is 6.03. The van der Waals surface area contributed by atoms with Crippen molar-refractivity contribution < 1.29 is 18.8 Å². The molecule has 0 atom stereocenters. The molecule has 0 bridgehead atoms. The van der Waals surface area contributed by atoms with Crippen LogP contribution in [0, 0.1) is 6.92 Å². The van der Waals surface area contributed by atoms with E-state index in [2.05, 4.69) is 29.6 Å². The molecule has 0 unspecified atom stereocenters. The summed E-state index contributed by atoms with van der Waals surface area (Å²) in [6.07, 6.45) is 2.68. The maximum Gasteiger partial charge on any atom is 0.287 e. The van der Waals surface area contributed by atoms with Gasteiger partial charge in [-0.25, -0.2) is 0 Å². The molecule has 0 aliphatic carbocycles. The minimum absolute atomic E-state index is 0.196. The van der Waals surface area contributed by atoms with Gasteiger partial charge in [0, 0.05) is 35.9 Å². The second-order valence-electron chi connectivity index (χ2n) is 7.55. The lowest BCUT2D eigenvalue weighted by Crippen LogP contribution is -3.08. The van der Waals surface area contributed by atoms with Crippen molar-refractivity contribution in [3.05, 3.63) is 64.9 Å². The molecular weight excluding hydrogens is 352 g/mol. The van der Waals surface area contributed by atoms with Crippen molar-refractivity contribution in [3.63, 3.8) is 0 Å². The molecule has 0 radical (unpaired) electrons. The molecule has 1 aliphatic heterocycles. The molecule has 5 nitrogen and oxygen atoms in total. The van der Waals surface area contributed by atoms with Crippen LogP contribution in [0.4, 0.5) is 0 Å². The van der Waals surface area contributed by atoms with Crippen molar-refractivity contribution in [1.82, 2.24) is 5.32 Å². The van der Waals surface area contributed by atoms with Gasteiger partial charge in [-0.15, -0.1) is 0 Å². The van der Waals surface area contributed by atoms with E-state index in [0.29, 0.717) is 17.9 Å². The lowest BCUT2D eigenvalue weighted by molar-refractivity contribution is -0.901. The zero-order valence-electron chi connectivity index (χ0n) is 16.5. The average Bonchev–Trinajstić information content (AvgIpc) is 3.35. The van der Waals surface area contributed by atoms with Gasteiger partial charge in [0.25, 0.3) is 5.91 Å². The SMILES string of the molecule is COc1ccc2oc(C(=O)NCc3ccc(C[NH+]4CCCC4)cc3)c(C)c2c1. The summed E-state index contributed by atoms with van der Waals surface area (Å²) in [5.74, 6) is 0.912. The number of ether oxygens (including phenoxy) is 1. The van der Waals surface area contributed by atoms with Crippen LogP contribution in [0.5, 0.6) is 5.75 Å². The quantitative estimate of drug-likeness (QED) is 0.692. The zero-order chi connectivity index (χ0) is 19.5. The monoisotopic (exact) mass is 379 g/mol. The van der Waals surface area contributed by atoms with Crippen LogP contribution in [0.2, 0.25) is 0 Å². The van der Waals surface area contributed by atoms with Gasteiger partial charge >= 0.3 is 0 Å². The third kappa shape index (κ3) is 3.90. The molecule has 28 heavy (non-hydrogen) atoms. The number of hydrogen-bond acceptors (Lipinski definition) is 3.